The number of rotatable bonds is 8. The zero-order valence-electron chi connectivity index (χ0n) is 14.0. The van der Waals surface area contributed by atoms with Crippen LogP contribution in [0.25, 0.3) is 0 Å². The SMILES string of the molecule is CCC(C)C(NC(=O)CCCc1ccc(C)cc1C)C(=O)O. The average Bonchev–Trinajstić information content (AvgIpc) is 2.46. The highest BCUT2D eigenvalue weighted by Gasteiger charge is 2.24. The molecule has 1 aromatic carbocycles. The number of nitrogens with one attached hydrogen (secondary N) is 1. The Morgan fingerprint density at radius 2 is 1.95 bits per heavy atom. The number of aryl methyl sites for hydroxylation is 3. The van der Waals surface area contributed by atoms with Crippen molar-refractivity contribution in [2.75, 3.05) is 0 Å². The fraction of sp³-hybridized carbons (Fsp3) is 0.556. The van der Waals surface area contributed by atoms with Crippen LogP contribution < -0.4 is 5.32 Å². The molecule has 0 radical (unpaired) electrons. The number of hydrogen-bond donors (Lipinski definition) is 2. The highest BCUT2D eigenvalue weighted by molar-refractivity contribution is 5.83. The van der Waals surface area contributed by atoms with E-state index >= 15 is 0 Å². The summed E-state index contributed by atoms with van der Waals surface area (Å²) < 4.78 is 0. The number of carbonyl (C=O) groups excluding carboxylic acids is 1. The van der Waals surface area contributed by atoms with Gasteiger partial charge in [0.1, 0.15) is 6.04 Å². The summed E-state index contributed by atoms with van der Waals surface area (Å²) in [6, 6.07) is 5.52. The normalized spacial score (nSPS) is 13.5. The van der Waals surface area contributed by atoms with Gasteiger partial charge >= 0.3 is 5.97 Å². The molecule has 0 saturated heterocycles. The van der Waals surface area contributed by atoms with Crippen LogP contribution in [0.1, 0.15) is 49.8 Å². The lowest BCUT2D eigenvalue weighted by atomic mass is 9.98. The molecule has 1 rings (SSSR count). The fourth-order valence-corrected chi connectivity index (χ4v) is 2.49. The molecule has 1 aromatic rings. The molecule has 0 aliphatic rings. The summed E-state index contributed by atoms with van der Waals surface area (Å²) in [5.41, 5.74) is 3.72. The summed E-state index contributed by atoms with van der Waals surface area (Å²) in [5.74, 6) is -1.21. The van der Waals surface area contributed by atoms with E-state index in [1.807, 2.05) is 13.8 Å². The molecule has 2 atom stereocenters. The Balaban J connectivity index is 2.47. The molecule has 0 aromatic heterocycles. The second-order valence-corrected chi connectivity index (χ2v) is 6.05. The van der Waals surface area contributed by atoms with Crippen molar-refractivity contribution in [3.05, 3.63) is 34.9 Å². The first-order chi connectivity index (χ1) is 10.3. The third-order valence-electron chi connectivity index (χ3n) is 4.14. The van der Waals surface area contributed by atoms with Gasteiger partial charge in [0.2, 0.25) is 5.91 Å². The highest BCUT2D eigenvalue weighted by atomic mass is 16.4. The largest absolute Gasteiger partial charge is 0.480 e. The van der Waals surface area contributed by atoms with E-state index in [4.69, 9.17) is 0 Å². The summed E-state index contributed by atoms with van der Waals surface area (Å²) >= 11 is 0. The fourth-order valence-electron chi connectivity index (χ4n) is 2.49. The molecule has 0 fully saturated rings. The molecule has 0 saturated carbocycles. The van der Waals surface area contributed by atoms with Crippen molar-refractivity contribution in [2.45, 2.75) is 59.4 Å². The van der Waals surface area contributed by atoms with E-state index in [0.717, 1.165) is 19.3 Å². The van der Waals surface area contributed by atoms with Crippen LogP contribution in [0, 0.1) is 19.8 Å². The quantitative estimate of drug-likeness (QED) is 0.775. The number of benzene rings is 1. The molecule has 0 spiro atoms. The van der Waals surface area contributed by atoms with Gasteiger partial charge in [0.15, 0.2) is 0 Å². The van der Waals surface area contributed by atoms with E-state index in [1.165, 1.54) is 16.7 Å². The predicted molar refractivity (Wildman–Crippen MR) is 87.9 cm³/mol. The number of carboxylic acids is 1. The molecule has 4 heteroatoms. The van der Waals surface area contributed by atoms with Gasteiger partial charge in [-0.15, -0.1) is 0 Å². The van der Waals surface area contributed by atoms with Crippen LogP contribution in [-0.4, -0.2) is 23.0 Å². The molecular formula is C18H27NO3. The van der Waals surface area contributed by atoms with Crippen molar-refractivity contribution < 1.29 is 14.7 Å². The summed E-state index contributed by atoms with van der Waals surface area (Å²) in [6.45, 7) is 7.90. The standard InChI is InChI=1S/C18H27NO3/c1-5-13(3)17(18(21)22)19-16(20)8-6-7-15-10-9-12(2)11-14(15)4/h9-11,13,17H,5-8H2,1-4H3,(H,19,20)(H,21,22). The zero-order valence-corrected chi connectivity index (χ0v) is 14.0. The summed E-state index contributed by atoms with van der Waals surface area (Å²) in [4.78, 5) is 23.1. The van der Waals surface area contributed by atoms with E-state index in [-0.39, 0.29) is 11.8 Å². The Bertz CT molecular complexity index is 525. The van der Waals surface area contributed by atoms with Crippen molar-refractivity contribution in [1.82, 2.24) is 5.32 Å². The molecule has 4 nitrogen and oxygen atoms in total. The first kappa shape index (κ1) is 18.2. The van der Waals surface area contributed by atoms with Crippen LogP contribution in [0.15, 0.2) is 18.2 Å². The number of aliphatic carboxylic acids is 1. The van der Waals surface area contributed by atoms with Crippen LogP contribution in [-0.2, 0) is 16.0 Å². The summed E-state index contributed by atoms with van der Waals surface area (Å²) in [6.07, 6.45) is 2.64. The van der Waals surface area contributed by atoms with Crippen molar-refractivity contribution in [3.8, 4) is 0 Å². The molecule has 2 unspecified atom stereocenters. The molecule has 122 valence electrons. The van der Waals surface area contributed by atoms with Crippen molar-refractivity contribution >= 4 is 11.9 Å². The Kier molecular flexibility index (Phi) is 7.09. The minimum Gasteiger partial charge on any atom is -0.480 e. The Morgan fingerprint density at radius 1 is 1.27 bits per heavy atom. The van der Waals surface area contributed by atoms with Gasteiger partial charge < -0.3 is 10.4 Å². The van der Waals surface area contributed by atoms with E-state index in [2.05, 4.69) is 37.4 Å². The molecule has 1 amide bonds. The lowest BCUT2D eigenvalue weighted by molar-refractivity contribution is -0.143. The maximum atomic E-state index is 11.9. The maximum Gasteiger partial charge on any atom is 0.326 e. The molecule has 0 heterocycles. The third-order valence-corrected chi connectivity index (χ3v) is 4.14. The predicted octanol–water partition coefficient (Wildman–Crippen LogP) is 3.24. The minimum atomic E-state index is -0.961. The van der Waals surface area contributed by atoms with Gasteiger partial charge in [-0.1, -0.05) is 44.0 Å². The van der Waals surface area contributed by atoms with Gasteiger partial charge in [0.05, 0.1) is 0 Å². The van der Waals surface area contributed by atoms with Gasteiger partial charge in [-0.2, -0.15) is 0 Å². The van der Waals surface area contributed by atoms with Gasteiger partial charge in [-0.3, -0.25) is 4.79 Å². The molecule has 22 heavy (non-hydrogen) atoms. The van der Waals surface area contributed by atoms with Gasteiger partial charge in [0, 0.05) is 6.42 Å². The second-order valence-electron chi connectivity index (χ2n) is 6.05. The summed E-state index contributed by atoms with van der Waals surface area (Å²) in [7, 11) is 0. The van der Waals surface area contributed by atoms with Gasteiger partial charge in [-0.25, -0.2) is 4.79 Å². The third kappa shape index (κ3) is 5.51. The Labute approximate surface area is 132 Å². The molecule has 0 bridgehead atoms. The second kappa shape index (κ2) is 8.57. The lowest BCUT2D eigenvalue weighted by Gasteiger charge is -2.20. The average molecular weight is 305 g/mol. The Hall–Kier alpha value is -1.84. The van der Waals surface area contributed by atoms with Crippen LogP contribution in [0.4, 0.5) is 0 Å². The smallest absolute Gasteiger partial charge is 0.326 e. The van der Waals surface area contributed by atoms with E-state index in [0.29, 0.717) is 6.42 Å². The van der Waals surface area contributed by atoms with E-state index in [9.17, 15) is 14.7 Å². The van der Waals surface area contributed by atoms with Crippen LogP contribution in [0.5, 0.6) is 0 Å². The molecule has 0 aliphatic carbocycles. The van der Waals surface area contributed by atoms with Crippen LogP contribution >= 0.6 is 0 Å². The van der Waals surface area contributed by atoms with Crippen LogP contribution in [0.2, 0.25) is 0 Å². The summed E-state index contributed by atoms with van der Waals surface area (Å²) in [5, 5.41) is 11.8. The minimum absolute atomic E-state index is 0.0687. The first-order valence-electron chi connectivity index (χ1n) is 7.93. The van der Waals surface area contributed by atoms with Crippen molar-refractivity contribution in [2.24, 2.45) is 5.92 Å². The maximum absolute atomic E-state index is 11.9. The number of carbonyl (C=O) groups is 2. The van der Waals surface area contributed by atoms with Crippen molar-refractivity contribution in [1.29, 1.82) is 0 Å². The highest BCUT2D eigenvalue weighted by Crippen LogP contribution is 2.14. The monoisotopic (exact) mass is 305 g/mol. The van der Waals surface area contributed by atoms with E-state index in [1.54, 1.807) is 0 Å². The molecule has 0 aliphatic heterocycles. The van der Waals surface area contributed by atoms with Crippen molar-refractivity contribution in [3.63, 3.8) is 0 Å². The number of carboxylic acid groups (broad SMARTS) is 1. The number of amides is 1. The van der Waals surface area contributed by atoms with E-state index < -0.39 is 12.0 Å². The topological polar surface area (TPSA) is 66.4 Å². The van der Waals surface area contributed by atoms with Gasteiger partial charge in [0.25, 0.3) is 0 Å². The van der Waals surface area contributed by atoms with Gasteiger partial charge in [-0.05, 0) is 43.7 Å². The number of hydrogen-bond acceptors (Lipinski definition) is 2. The first-order valence-corrected chi connectivity index (χ1v) is 7.93. The Morgan fingerprint density at radius 3 is 2.50 bits per heavy atom. The molecular weight excluding hydrogens is 278 g/mol. The zero-order chi connectivity index (χ0) is 16.7. The van der Waals surface area contributed by atoms with Crippen LogP contribution in [0.3, 0.4) is 0 Å². The molecule has 2 N–H and O–H groups in total. The lowest BCUT2D eigenvalue weighted by Crippen LogP contribution is -2.44.